The summed E-state index contributed by atoms with van der Waals surface area (Å²) in [5.74, 6) is 5.13. The van der Waals surface area contributed by atoms with Crippen molar-refractivity contribution in [2.24, 2.45) is 5.84 Å². The minimum Gasteiger partial charge on any atom is -0.323 e. The molecule has 0 aromatic heterocycles. The molecule has 0 aliphatic rings. The van der Waals surface area contributed by atoms with E-state index in [1.54, 1.807) is 12.1 Å². The molecule has 0 bridgehead atoms. The van der Waals surface area contributed by atoms with E-state index in [9.17, 15) is 4.79 Å². The SMILES string of the molecule is C=CC(=O)c1cc(C)ccc1NN. The second-order valence-corrected chi connectivity index (χ2v) is 2.76. The van der Waals surface area contributed by atoms with Gasteiger partial charge in [0.1, 0.15) is 0 Å². The third-order valence-electron chi connectivity index (χ3n) is 1.78. The molecule has 3 N–H and O–H groups in total. The minimum atomic E-state index is -0.128. The monoisotopic (exact) mass is 176 g/mol. The van der Waals surface area contributed by atoms with Crippen LogP contribution in [0.15, 0.2) is 30.9 Å². The molecule has 0 atom stereocenters. The van der Waals surface area contributed by atoms with Crippen LogP contribution in [0.3, 0.4) is 0 Å². The van der Waals surface area contributed by atoms with Crippen LogP contribution in [0.5, 0.6) is 0 Å². The fraction of sp³-hybridized carbons (Fsp3) is 0.100. The van der Waals surface area contributed by atoms with Gasteiger partial charge in [0, 0.05) is 5.56 Å². The van der Waals surface area contributed by atoms with Gasteiger partial charge in [0.25, 0.3) is 0 Å². The average molecular weight is 176 g/mol. The molecule has 13 heavy (non-hydrogen) atoms. The molecule has 0 spiro atoms. The van der Waals surface area contributed by atoms with Gasteiger partial charge < -0.3 is 5.43 Å². The molecule has 0 saturated carbocycles. The number of anilines is 1. The van der Waals surface area contributed by atoms with E-state index in [1.807, 2.05) is 13.0 Å². The average Bonchev–Trinajstić information content (AvgIpc) is 2.16. The van der Waals surface area contributed by atoms with E-state index < -0.39 is 0 Å². The molecule has 1 aromatic rings. The van der Waals surface area contributed by atoms with Crippen LogP contribution < -0.4 is 11.3 Å². The second kappa shape index (κ2) is 3.87. The number of nitrogens with two attached hydrogens (primary N) is 1. The predicted molar refractivity (Wildman–Crippen MR) is 53.5 cm³/mol. The van der Waals surface area contributed by atoms with Crippen LogP contribution >= 0.6 is 0 Å². The Labute approximate surface area is 77.2 Å². The van der Waals surface area contributed by atoms with Crippen molar-refractivity contribution in [3.63, 3.8) is 0 Å². The summed E-state index contributed by atoms with van der Waals surface area (Å²) in [5, 5.41) is 0. The van der Waals surface area contributed by atoms with Crippen LogP contribution in [-0.2, 0) is 0 Å². The van der Waals surface area contributed by atoms with Crippen molar-refractivity contribution in [2.45, 2.75) is 6.92 Å². The second-order valence-electron chi connectivity index (χ2n) is 2.76. The molecule has 1 rings (SSSR count). The fourth-order valence-electron chi connectivity index (χ4n) is 1.10. The van der Waals surface area contributed by atoms with Gasteiger partial charge in [0.05, 0.1) is 5.69 Å². The highest BCUT2D eigenvalue weighted by Gasteiger charge is 2.06. The number of hydrazine groups is 1. The lowest BCUT2D eigenvalue weighted by atomic mass is 10.1. The summed E-state index contributed by atoms with van der Waals surface area (Å²) in [4.78, 5) is 11.3. The Morgan fingerprint density at radius 1 is 1.62 bits per heavy atom. The Bertz CT molecular complexity index is 345. The van der Waals surface area contributed by atoms with Crippen molar-refractivity contribution in [1.29, 1.82) is 0 Å². The third-order valence-corrected chi connectivity index (χ3v) is 1.78. The molecule has 0 fully saturated rings. The topological polar surface area (TPSA) is 55.1 Å². The Morgan fingerprint density at radius 3 is 2.85 bits per heavy atom. The number of hydrogen-bond donors (Lipinski definition) is 2. The number of hydrogen-bond acceptors (Lipinski definition) is 3. The summed E-state index contributed by atoms with van der Waals surface area (Å²) in [7, 11) is 0. The summed E-state index contributed by atoms with van der Waals surface area (Å²) in [6, 6.07) is 5.43. The number of rotatable bonds is 3. The zero-order valence-electron chi connectivity index (χ0n) is 7.50. The Kier molecular flexibility index (Phi) is 2.82. The Morgan fingerprint density at radius 2 is 2.31 bits per heavy atom. The molecule has 0 heterocycles. The highest BCUT2D eigenvalue weighted by molar-refractivity contribution is 6.08. The smallest absolute Gasteiger partial charge is 0.187 e. The van der Waals surface area contributed by atoms with Gasteiger partial charge >= 0.3 is 0 Å². The van der Waals surface area contributed by atoms with E-state index in [-0.39, 0.29) is 5.78 Å². The number of carbonyl (C=O) groups excluding carboxylic acids is 1. The maximum atomic E-state index is 11.3. The number of nitrogens with one attached hydrogen (secondary N) is 1. The number of carbonyl (C=O) groups is 1. The summed E-state index contributed by atoms with van der Waals surface area (Å²) < 4.78 is 0. The van der Waals surface area contributed by atoms with Gasteiger partial charge in [-0.3, -0.25) is 10.6 Å². The Hall–Kier alpha value is -1.61. The normalized spacial score (nSPS) is 9.38. The molecule has 0 aliphatic carbocycles. The van der Waals surface area contributed by atoms with Crippen molar-refractivity contribution in [1.82, 2.24) is 0 Å². The lowest BCUT2D eigenvalue weighted by molar-refractivity contribution is 0.104. The highest BCUT2D eigenvalue weighted by Crippen LogP contribution is 2.16. The first kappa shape index (κ1) is 9.48. The van der Waals surface area contributed by atoms with Gasteiger partial charge in [0.15, 0.2) is 5.78 Å². The summed E-state index contributed by atoms with van der Waals surface area (Å²) >= 11 is 0. The largest absolute Gasteiger partial charge is 0.323 e. The molecule has 0 unspecified atom stereocenters. The molecule has 1 aromatic carbocycles. The van der Waals surface area contributed by atoms with Crippen LogP contribution in [0.1, 0.15) is 15.9 Å². The van der Waals surface area contributed by atoms with Crippen molar-refractivity contribution in [3.05, 3.63) is 42.0 Å². The van der Waals surface area contributed by atoms with E-state index in [4.69, 9.17) is 5.84 Å². The van der Waals surface area contributed by atoms with Crippen LogP contribution in [0, 0.1) is 6.92 Å². The van der Waals surface area contributed by atoms with Gasteiger partial charge in [0.2, 0.25) is 0 Å². The molecule has 0 radical (unpaired) electrons. The van der Waals surface area contributed by atoms with E-state index >= 15 is 0 Å². The fourth-order valence-corrected chi connectivity index (χ4v) is 1.10. The van der Waals surface area contributed by atoms with Crippen LogP contribution in [0.25, 0.3) is 0 Å². The predicted octanol–water partition coefficient (Wildman–Crippen LogP) is 1.65. The van der Waals surface area contributed by atoms with Crippen LogP contribution in [0.2, 0.25) is 0 Å². The maximum Gasteiger partial charge on any atom is 0.187 e. The molecular weight excluding hydrogens is 164 g/mol. The molecule has 0 aliphatic heterocycles. The van der Waals surface area contributed by atoms with Crippen LogP contribution in [-0.4, -0.2) is 5.78 Å². The van der Waals surface area contributed by atoms with E-state index in [2.05, 4.69) is 12.0 Å². The number of allylic oxidation sites excluding steroid dienone is 1. The number of benzene rings is 1. The van der Waals surface area contributed by atoms with Crippen molar-refractivity contribution < 1.29 is 4.79 Å². The van der Waals surface area contributed by atoms with Crippen molar-refractivity contribution >= 4 is 11.5 Å². The first-order valence-electron chi connectivity index (χ1n) is 3.93. The minimum absolute atomic E-state index is 0.128. The molecule has 0 saturated heterocycles. The zero-order chi connectivity index (χ0) is 9.84. The van der Waals surface area contributed by atoms with Crippen LogP contribution in [0.4, 0.5) is 5.69 Å². The zero-order valence-corrected chi connectivity index (χ0v) is 7.50. The first-order valence-corrected chi connectivity index (χ1v) is 3.93. The highest BCUT2D eigenvalue weighted by atomic mass is 16.1. The summed E-state index contributed by atoms with van der Waals surface area (Å²) in [6.07, 6.45) is 1.27. The third kappa shape index (κ3) is 1.95. The van der Waals surface area contributed by atoms with Gasteiger partial charge in [-0.15, -0.1) is 0 Å². The van der Waals surface area contributed by atoms with Gasteiger partial charge in [-0.25, -0.2) is 0 Å². The van der Waals surface area contributed by atoms with E-state index in [0.717, 1.165) is 5.56 Å². The van der Waals surface area contributed by atoms with Crippen molar-refractivity contribution in [2.75, 3.05) is 5.43 Å². The molecule has 68 valence electrons. The quantitative estimate of drug-likeness (QED) is 0.318. The first-order chi connectivity index (χ1) is 6.19. The summed E-state index contributed by atoms with van der Waals surface area (Å²) in [6.45, 7) is 5.34. The number of aryl methyl sites for hydroxylation is 1. The van der Waals surface area contributed by atoms with E-state index in [1.165, 1.54) is 6.08 Å². The Balaban J connectivity index is 3.23. The standard InChI is InChI=1S/C10H12N2O/c1-3-10(13)8-6-7(2)4-5-9(8)12-11/h3-6,12H,1,11H2,2H3. The van der Waals surface area contributed by atoms with Gasteiger partial charge in [-0.05, 0) is 25.1 Å². The lowest BCUT2D eigenvalue weighted by Crippen LogP contribution is -2.11. The molecule has 3 nitrogen and oxygen atoms in total. The summed E-state index contributed by atoms with van der Waals surface area (Å²) in [5.41, 5.74) is 4.66. The molecule has 3 heteroatoms. The number of ketones is 1. The molecule has 0 amide bonds. The number of nitrogen functional groups attached to an aromatic ring is 1. The van der Waals surface area contributed by atoms with Gasteiger partial charge in [-0.1, -0.05) is 18.2 Å². The van der Waals surface area contributed by atoms with Gasteiger partial charge in [-0.2, -0.15) is 0 Å². The van der Waals surface area contributed by atoms with E-state index in [0.29, 0.717) is 11.3 Å². The molecular formula is C10H12N2O. The lowest BCUT2D eigenvalue weighted by Gasteiger charge is -2.06. The van der Waals surface area contributed by atoms with Crippen molar-refractivity contribution in [3.8, 4) is 0 Å². The maximum absolute atomic E-state index is 11.3.